The number of carbonyl (C=O) groups is 5. The Morgan fingerprint density at radius 3 is 1.59 bits per heavy atom. The second-order valence-electron chi connectivity index (χ2n) is 12.1. The van der Waals surface area contributed by atoms with Gasteiger partial charge in [-0.15, -0.1) is 0 Å². The average Bonchev–Trinajstić information content (AvgIpc) is 3.08. The minimum absolute atomic E-state index is 0.213. The number of ether oxygens (including phenoxy) is 7. The number of hydrogen-bond acceptors (Lipinski definition) is 15. The highest BCUT2D eigenvalue weighted by atomic mass is 28.4. The smallest absolute Gasteiger partial charge is 0.494 e. The number of unbranched alkanes of at least 4 members (excludes halogenated alkanes) is 8. The van der Waals surface area contributed by atoms with E-state index in [0.717, 1.165) is 65.8 Å². The molecule has 0 radical (unpaired) electrons. The normalized spacial score (nSPS) is 20.2. The molecule has 0 N–H and O–H groups in total. The molecule has 2 rings (SSSR count). The van der Waals surface area contributed by atoms with Crippen LogP contribution in [0.4, 0.5) is 0 Å². The summed E-state index contributed by atoms with van der Waals surface area (Å²) < 4.78 is 54.5. The zero-order valence-corrected chi connectivity index (χ0v) is 31.8. The Bertz CT molecular complexity index is 1230. The molecule has 1 saturated heterocycles. The predicted molar refractivity (Wildman–Crippen MR) is 182 cm³/mol. The highest BCUT2D eigenvalue weighted by molar-refractivity contribution is 6.60. The summed E-state index contributed by atoms with van der Waals surface area (Å²) in [6.07, 6.45) is 2.94. The first kappa shape index (κ1) is 43.6. The largest absolute Gasteiger partial charge is 0.500 e. The number of esters is 5. The summed E-state index contributed by atoms with van der Waals surface area (Å²) in [5.41, 5.74) is 0.213. The lowest BCUT2D eigenvalue weighted by atomic mass is 9.98. The van der Waals surface area contributed by atoms with E-state index in [9.17, 15) is 24.0 Å². The van der Waals surface area contributed by atoms with Crippen molar-refractivity contribution in [3.63, 3.8) is 0 Å². The van der Waals surface area contributed by atoms with Gasteiger partial charge in [0, 0.05) is 55.1 Å². The van der Waals surface area contributed by atoms with E-state index in [2.05, 4.69) is 0 Å². The van der Waals surface area contributed by atoms with E-state index in [4.69, 9.17) is 46.4 Å². The highest BCUT2D eigenvalue weighted by Gasteiger charge is 2.53. The molecule has 1 aromatic carbocycles. The number of carbonyl (C=O) groups excluding carboxylic acids is 5. The fraction of sp³-hybridized carbons (Fsp3) is 0.686. The third kappa shape index (κ3) is 15.7. The molecule has 51 heavy (non-hydrogen) atoms. The van der Waals surface area contributed by atoms with Gasteiger partial charge in [0.15, 0.2) is 12.2 Å². The molecule has 1 aliphatic heterocycles. The second kappa shape index (κ2) is 23.1. The summed E-state index contributed by atoms with van der Waals surface area (Å²) in [7, 11) is 2.47. The molecule has 288 valence electrons. The van der Waals surface area contributed by atoms with Crippen LogP contribution in [-0.2, 0) is 60.9 Å². The van der Waals surface area contributed by atoms with Crippen molar-refractivity contribution in [2.24, 2.45) is 0 Å². The maximum absolute atomic E-state index is 12.9. The van der Waals surface area contributed by atoms with Gasteiger partial charge < -0.3 is 46.4 Å². The van der Waals surface area contributed by atoms with Crippen molar-refractivity contribution < 1.29 is 70.4 Å². The quantitative estimate of drug-likeness (QED) is 0.0652. The van der Waals surface area contributed by atoms with Crippen molar-refractivity contribution in [3.05, 3.63) is 29.8 Å². The summed E-state index contributed by atoms with van der Waals surface area (Å²) in [6.45, 7) is 4.46. The highest BCUT2D eigenvalue weighted by Crippen LogP contribution is 2.30. The topological polar surface area (TPSA) is 178 Å². The standard InChI is InChI=1S/C35H54O15Si/c1-24(36)46-31-30(50-35(49-27(4)39)33(48-26(3)38)32(31)47-25(2)37)23-45-34(40)28-17-19-29(20-18-28)44-21-15-13-11-9-8-10-12-14-16-22-51(41-5,42-6)43-7/h17-20,30-33,35H,8-16,21-23H2,1-7H3/t30-,31-,32+,33-,35-/m1/s1. The van der Waals surface area contributed by atoms with Crippen LogP contribution >= 0.6 is 0 Å². The number of hydrogen-bond donors (Lipinski definition) is 0. The Balaban J connectivity index is 1.81. The molecule has 16 heteroatoms. The summed E-state index contributed by atoms with van der Waals surface area (Å²) in [6, 6.07) is 7.24. The Hall–Kier alpha value is -3.57. The van der Waals surface area contributed by atoms with E-state index in [1.807, 2.05) is 0 Å². The van der Waals surface area contributed by atoms with Crippen molar-refractivity contribution in [3.8, 4) is 5.75 Å². The van der Waals surface area contributed by atoms with Crippen molar-refractivity contribution in [1.82, 2.24) is 0 Å². The molecule has 0 saturated carbocycles. The molecule has 0 aromatic heterocycles. The molecular weight excluding hydrogens is 688 g/mol. The maximum atomic E-state index is 12.9. The lowest BCUT2D eigenvalue weighted by molar-refractivity contribution is -0.299. The van der Waals surface area contributed by atoms with E-state index < -0.39 is 76.0 Å². The molecular formula is C35H54O15Si. The van der Waals surface area contributed by atoms with Crippen LogP contribution in [0.2, 0.25) is 6.04 Å². The summed E-state index contributed by atoms with van der Waals surface area (Å²) in [4.78, 5) is 60.5. The van der Waals surface area contributed by atoms with E-state index in [1.54, 1.807) is 45.6 Å². The molecule has 1 aliphatic rings. The van der Waals surface area contributed by atoms with Gasteiger partial charge in [-0.05, 0) is 37.1 Å². The second-order valence-corrected chi connectivity index (χ2v) is 15.2. The van der Waals surface area contributed by atoms with E-state index >= 15 is 0 Å². The molecule has 0 bridgehead atoms. The van der Waals surface area contributed by atoms with Crippen molar-refractivity contribution in [2.45, 2.75) is 122 Å². The zero-order valence-electron chi connectivity index (χ0n) is 30.8. The van der Waals surface area contributed by atoms with Gasteiger partial charge in [0.25, 0.3) is 0 Å². The summed E-state index contributed by atoms with van der Waals surface area (Å²) >= 11 is 0. The maximum Gasteiger partial charge on any atom is 0.500 e. The third-order valence-electron chi connectivity index (χ3n) is 8.08. The van der Waals surface area contributed by atoms with Crippen LogP contribution in [0.25, 0.3) is 0 Å². The fourth-order valence-electron chi connectivity index (χ4n) is 5.60. The first-order chi connectivity index (χ1) is 24.3. The van der Waals surface area contributed by atoms with Gasteiger partial charge in [-0.3, -0.25) is 19.2 Å². The van der Waals surface area contributed by atoms with Crippen LogP contribution in [0, 0.1) is 0 Å². The molecule has 0 spiro atoms. The molecule has 5 atom stereocenters. The fourth-order valence-corrected chi connectivity index (χ4v) is 7.40. The summed E-state index contributed by atoms with van der Waals surface area (Å²) in [5.74, 6) is -3.28. The average molecular weight is 743 g/mol. The SMILES string of the molecule is CO[Si](CCCCCCCCCCCOc1ccc(C(=O)OC[C@H]2O[C@@H](OC(C)=O)[C@H](OC(C)=O)[C@@H](OC(C)=O)[C@@H]2OC(C)=O)cc1)(OC)OC. The number of rotatable bonds is 23. The first-order valence-electron chi connectivity index (χ1n) is 17.2. The molecule has 15 nitrogen and oxygen atoms in total. The van der Waals surface area contributed by atoms with Crippen LogP contribution in [0.1, 0.15) is 95.8 Å². The van der Waals surface area contributed by atoms with Gasteiger partial charge in [0.1, 0.15) is 18.5 Å². The lowest BCUT2D eigenvalue weighted by Gasteiger charge is -2.43. The van der Waals surface area contributed by atoms with Gasteiger partial charge in [-0.2, -0.15) is 0 Å². The predicted octanol–water partition coefficient (Wildman–Crippen LogP) is 4.69. The Labute approximate surface area is 301 Å². The van der Waals surface area contributed by atoms with Crippen molar-refractivity contribution in [1.29, 1.82) is 0 Å². The van der Waals surface area contributed by atoms with E-state index in [1.165, 1.54) is 25.7 Å². The van der Waals surface area contributed by atoms with Gasteiger partial charge in [-0.1, -0.05) is 44.9 Å². The molecule has 1 aromatic rings. The third-order valence-corrected chi connectivity index (χ3v) is 10.9. The molecule has 0 aliphatic carbocycles. The van der Waals surface area contributed by atoms with Crippen LogP contribution in [0.15, 0.2) is 24.3 Å². The minimum Gasteiger partial charge on any atom is -0.494 e. The van der Waals surface area contributed by atoms with Gasteiger partial charge >= 0.3 is 38.7 Å². The van der Waals surface area contributed by atoms with Crippen LogP contribution in [0.3, 0.4) is 0 Å². The van der Waals surface area contributed by atoms with Crippen molar-refractivity contribution in [2.75, 3.05) is 34.5 Å². The Morgan fingerprint density at radius 2 is 1.08 bits per heavy atom. The van der Waals surface area contributed by atoms with Gasteiger partial charge in [-0.25, -0.2) is 4.79 Å². The Kier molecular flexibility index (Phi) is 19.7. The van der Waals surface area contributed by atoms with Crippen LogP contribution in [0.5, 0.6) is 5.75 Å². The van der Waals surface area contributed by atoms with E-state index in [0.29, 0.717) is 12.4 Å². The number of benzene rings is 1. The molecule has 0 unspecified atom stereocenters. The minimum atomic E-state index is -2.46. The monoisotopic (exact) mass is 742 g/mol. The zero-order chi connectivity index (χ0) is 37.8. The summed E-state index contributed by atoms with van der Waals surface area (Å²) in [5, 5.41) is 0. The van der Waals surface area contributed by atoms with E-state index in [-0.39, 0.29) is 5.56 Å². The molecule has 0 amide bonds. The first-order valence-corrected chi connectivity index (χ1v) is 19.2. The van der Waals surface area contributed by atoms with Gasteiger partial charge in [0.2, 0.25) is 12.4 Å². The van der Waals surface area contributed by atoms with Crippen LogP contribution < -0.4 is 4.74 Å². The lowest BCUT2D eigenvalue weighted by Crippen LogP contribution is -2.63. The Morgan fingerprint density at radius 1 is 0.608 bits per heavy atom. The van der Waals surface area contributed by atoms with Crippen molar-refractivity contribution >= 4 is 38.7 Å². The molecule has 1 fully saturated rings. The van der Waals surface area contributed by atoms with Gasteiger partial charge in [0.05, 0.1) is 12.2 Å². The van der Waals surface area contributed by atoms with Crippen LogP contribution in [-0.4, -0.2) is 104 Å². The molecule has 1 heterocycles.